The first kappa shape index (κ1) is 14.2. The fourth-order valence-corrected chi connectivity index (χ4v) is 1.14. The monoisotopic (exact) mass is 242 g/mol. The number of nitrogens with two attached hydrogens (primary N) is 1. The number of nitrogens with zero attached hydrogens (tertiary/aromatic N) is 1. The van der Waals surface area contributed by atoms with Crippen LogP contribution in [0.4, 0.5) is 13.2 Å². The van der Waals surface area contributed by atoms with Crippen LogP contribution in [0.2, 0.25) is 0 Å². The zero-order valence-corrected chi connectivity index (χ0v) is 9.28. The van der Waals surface area contributed by atoms with Gasteiger partial charge >= 0.3 is 6.18 Å². The molecule has 0 aliphatic heterocycles. The second kappa shape index (κ2) is 5.29. The quantitative estimate of drug-likeness (QED) is 0.759. The van der Waals surface area contributed by atoms with Crippen molar-refractivity contribution in [1.82, 2.24) is 4.90 Å². The van der Waals surface area contributed by atoms with Crippen LogP contribution in [0.5, 0.6) is 0 Å². The summed E-state index contributed by atoms with van der Waals surface area (Å²) in [7, 11) is 0. The molecule has 0 bridgehead atoms. The third kappa shape index (κ3) is 6.27. The van der Waals surface area contributed by atoms with Crippen molar-refractivity contribution in [2.75, 3.05) is 6.54 Å². The lowest BCUT2D eigenvalue weighted by Crippen LogP contribution is -2.43. The van der Waals surface area contributed by atoms with E-state index in [-0.39, 0.29) is 17.6 Å². The Morgan fingerprint density at radius 2 is 1.93 bits per heavy atom. The summed E-state index contributed by atoms with van der Waals surface area (Å²) in [5, 5.41) is 0. The van der Waals surface area contributed by atoms with Gasteiger partial charge in [-0.05, 0) is 13.8 Å². The Kier molecular flexibility index (Phi) is 4.99. The molecule has 0 fully saturated rings. The molecular weight excluding hydrogens is 229 g/mol. The lowest BCUT2D eigenvalue weighted by atomic mass is 10.2. The Hall–Kier alpha value is -0.850. The average molecular weight is 242 g/mol. The number of hydrogen-bond acceptors (Lipinski definition) is 2. The Balaban J connectivity index is 4.50. The second-order valence-corrected chi connectivity index (χ2v) is 3.90. The molecule has 0 heterocycles. The van der Waals surface area contributed by atoms with Crippen LogP contribution in [0, 0.1) is 0 Å². The van der Waals surface area contributed by atoms with Gasteiger partial charge in [-0.2, -0.15) is 13.2 Å². The summed E-state index contributed by atoms with van der Waals surface area (Å²) in [5.74, 6) is -1.01. The third-order valence-corrected chi connectivity index (χ3v) is 1.75. The Morgan fingerprint density at radius 1 is 1.47 bits per heavy atom. The maximum absolute atomic E-state index is 12.0. The van der Waals surface area contributed by atoms with Crippen LogP contribution in [-0.4, -0.2) is 34.6 Å². The first-order valence-corrected chi connectivity index (χ1v) is 4.69. The largest absolute Gasteiger partial charge is 0.397 e. The molecule has 0 atom stereocenters. The molecule has 0 saturated carbocycles. The summed E-state index contributed by atoms with van der Waals surface area (Å²) < 4.78 is 35.9. The van der Waals surface area contributed by atoms with Gasteiger partial charge < -0.3 is 10.6 Å². The Bertz CT molecular complexity index is 253. The van der Waals surface area contributed by atoms with E-state index < -0.39 is 18.5 Å². The molecule has 0 rings (SSSR count). The van der Waals surface area contributed by atoms with Crippen LogP contribution in [0.3, 0.4) is 0 Å². The summed E-state index contributed by atoms with van der Waals surface area (Å²) in [6.45, 7) is 3.08. The number of amides is 1. The van der Waals surface area contributed by atoms with Crippen molar-refractivity contribution in [3.8, 4) is 0 Å². The number of carbonyl (C=O) groups is 1. The first-order valence-electron chi connectivity index (χ1n) is 4.28. The molecule has 0 saturated heterocycles. The number of carbonyl (C=O) groups excluding carboxylic acids is 1. The minimum Gasteiger partial charge on any atom is -0.392 e. The van der Waals surface area contributed by atoms with E-state index in [2.05, 4.69) is 12.2 Å². The standard InChI is InChI=1S/C8H13F3N2OS/c1-5(2)13(4-6(12)15)7(14)3-8(9,10)11/h5H,3-4H2,1-2H3,(H2,12,15). The van der Waals surface area contributed by atoms with E-state index in [1.807, 2.05) is 0 Å². The maximum atomic E-state index is 12.0. The van der Waals surface area contributed by atoms with Gasteiger partial charge in [0.1, 0.15) is 6.42 Å². The van der Waals surface area contributed by atoms with Crippen molar-refractivity contribution in [3.05, 3.63) is 0 Å². The normalized spacial score (nSPS) is 11.6. The topological polar surface area (TPSA) is 46.3 Å². The molecule has 0 spiro atoms. The van der Waals surface area contributed by atoms with Gasteiger partial charge in [0.25, 0.3) is 0 Å². The minimum absolute atomic E-state index is 0.000718. The second-order valence-electron chi connectivity index (χ2n) is 3.37. The van der Waals surface area contributed by atoms with Gasteiger partial charge in [-0.15, -0.1) is 0 Å². The highest BCUT2D eigenvalue weighted by atomic mass is 32.1. The van der Waals surface area contributed by atoms with Crippen molar-refractivity contribution < 1.29 is 18.0 Å². The van der Waals surface area contributed by atoms with Crippen LogP contribution < -0.4 is 5.73 Å². The fraction of sp³-hybridized carbons (Fsp3) is 0.750. The molecular formula is C8H13F3N2OS. The highest BCUT2D eigenvalue weighted by Crippen LogP contribution is 2.21. The fourth-order valence-electron chi connectivity index (χ4n) is 1.000. The molecule has 7 heteroatoms. The molecule has 88 valence electrons. The third-order valence-electron chi connectivity index (χ3n) is 1.62. The Labute approximate surface area is 91.4 Å². The van der Waals surface area contributed by atoms with Crippen molar-refractivity contribution in [2.24, 2.45) is 5.73 Å². The SMILES string of the molecule is CC(C)N(CC(N)=S)C(=O)CC(F)(F)F. The van der Waals surface area contributed by atoms with E-state index in [0.29, 0.717) is 0 Å². The predicted octanol–water partition coefficient (Wildman–Crippen LogP) is 1.46. The summed E-state index contributed by atoms with van der Waals surface area (Å²) in [4.78, 5) is 12.2. The molecule has 0 aromatic heterocycles. The average Bonchev–Trinajstić information content (AvgIpc) is 1.95. The Morgan fingerprint density at radius 3 is 2.20 bits per heavy atom. The number of rotatable bonds is 4. The van der Waals surface area contributed by atoms with Crippen LogP contribution in [0.1, 0.15) is 20.3 Å². The summed E-state index contributed by atoms with van der Waals surface area (Å²) in [6, 6.07) is -0.360. The van der Waals surface area contributed by atoms with E-state index in [1.165, 1.54) is 0 Å². The molecule has 2 N–H and O–H groups in total. The summed E-state index contributed by atoms with van der Waals surface area (Å²) in [5.41, 5.74) is 5.19. The van der Waals surface area contributed by atoms with Crippen LogP contribution >= 0.6 is 12.2 Å². The number of halogens is 3. The van der Waals surface area contributed by atoms with Crippen LogP contribution in [-0.2, 0) is 4.79 Å². The zero-order chi connectivity index (χ0) is 12.2. The highest BCUT2D eigenvalue weighted by Gasteiger charge is 2.34. The van der Waals surface area contributed by atoms with Crippen molar-refractivity contribution in [1.29, 1.82) is 0 Å². The van der Waals surface area contributed by atoms with E-state index in [4.69, 9.17) is 5.73 Å². The van der Waals surface area contributed by atoms with Gasteiger partial charge in [-0.3, -0.25) is 4.79 Å². The minimum atomic E-state index is -4.50. The van der Waals surface area contributed by atoms with Gasteiger partial charge in [-0.25, -0.2) is 0 Å². The highest BCUT2D eigenvalue weighted by molar-refractivity contribution is 7.80. The molecule has 1 amide bonds. The van der Waals surface area contributed by atoms with E-state index in [1.54, 1.807) is 13.8 Å². The molecule has 0 aromatic rings. The maximum Gasteiger partial charge on any atom is 0.397 e. The van der Waals surface area contributed by atoms with Gasteiger partial charge in [-0.1, -0.05) is 12.2 Å². The smallest absolute Gasteiger partial charge is 0.392 e. The lowest BCUT2D eigenvalue weighted by molar-refractivity contribution is -0.161. The number of thiocarbonyl (C=S) groups is 1. The van der Waals surface area contributed by atoms with E-state index in [0.717, 1.165) is 4.90 Å². The number of hydrogen-bond donors (Lipinski definition) is 1. The summed E-state index contributed by atoms with van der Waals surface area (Å²) >= 11 is 4.55. The van der Waals surface area contributed by atoms with Gasteiger partial charge in [0.2, 0.25) is 5.91 Å². The first-order chi connectivity index (χ1) is 6.63. The van der Waals surface area contributed by atoms with Gasteiger partial charge in [0, 0.05) is 6.04 Å². The zero-order valence-electron chi connectivity index (χ0n) is 8.47. The number of alkyl halides is 3. The summed E-state index contributed by atoms with van der Waals surface area (Å²) in [6.07, 6.45) is -5.98. The molecule has 0 unspecified atom stereocenters. The lowest BCUT2D eigenvalue weighted by Gasteiger charge is -2.26. The van der Waals surface area contributed by atoms with E-state index >= 15 is 0 Å². The van der Waals surface area contributed by atoms with E-state index in [9.17, 15) is 18.0 Å². The van der Waals surface area contributed by atoms with Gasteiger partial charge in [0.05, 0.1) is 11.5 Å². The van der Waals surface area contributed by atoms with Crippen molar-refractivity contribution >= 4 is 23.1 Å². The van der Waals surface area contributed by atoms with Crippen molar-refractivity contribution in [3.63, 3.8) is 0 Å². The van der Waals surface area contributed by atoms with Gasteiger partial charge in [0.15, 0.2) is 0 Å². The van der Waals surface area contributed by atoms with Crippen LogP contribution in [0.15, 0.2) is 0 Å². The molecule has 15 heavy (non-hydrogen) atoms. The van der Waals surface area contributed by atoms with Crippen molar-refractivity contribution in [2.45, 2.75) is 32.5 Å². The molecule has 0 aliphatic rings. The molecule has 0 aliphatic carbocycles. The predicted molar refractivity (Wildman–Crippen MR) is 54.3 cm³/mol. The molecule has 0 radical (unpaired) electrons. The van der Waals surface area contributed by atoms with Crippen LogP contribution in [0.25, 0.3) is 0 Å². The molecule has 0 aromatic carbocycles. The molecule has 3 nitrogen and oxygen atoms in total.